The van der Waals surface area contributed by atoms with E-state index in [0.29, 0.717) is 13.0 Å². The van der Waals surface area contributed by atoms with Crippen molar-refractivity contribution in [2.45, 2.75) is 51.7 Å². The molecule has 1 amide bonds. The molecule has 0 bridgehead atoms. The minimum absolute atomic E-state index is 0.0489. The van der Waals surface area contributed by atoms with Crippen LogP contribution in [-0.4, -0.2) is 91.2 Å². The number of benzene rings is 2. The Bertz CT molecular complexity index is 1550. The molecule has 0 aliphatic carbocycles. The Morgan fingerprint density at radius 1 is 1.18 bits per heavy atom. The second-order valence-electron chi connectivity index (χ2n) is 11.4. The second kappa shape index (κ2) is 9.50. The number of carbonyl (C=O) groups is 1. The molecule has 1 saturated heterocycles. The van der Waals surface area contributed by atoms with E-state index in [1.807, 2.05) is 17.0 Å². The van der Waals surface area contributed by atoms with Gasteiger partial charge in [0.25, 0.3) is 0 Å². The maximum absolute atomic E-state index is 13.5. The molecule has 0 spiro atoms. The van der Waals surface area contributed by atoms with E-state index >= 15 is 0 Å². The average Bonchev–Trinajstić information content (AvgIpc) is 3.52. The van der Waals surface area contributed by atoms with Crippen LogP contribution in [0.4, 0.5) is 0 Å². The number of rotatable bonds is 6. The minimum atomic E-state index is -0.193. The Kier molecular flexibility index (Phi) is 6.23. The summed E-state index contributed by atoms with van der Waals surface area (Å²) in [5.41, 5.74) is 7.04. The van der Waals surface area contributed by atoms with Crippen LogP contribution in [0.1, 0.15) is 37.7 Å². The van der Waals surface area contributed by atoms with Crippen molar-refractivity contribution in [3.8, 4) is 28.4 Å². The number of phenolic OH excluding ortho intramolecular Hbond substituents is 1. The Hall–Kier alpha value is -3.69. The van der Waals surface area contributed by atoms with E-state index in [2.05, 4.69) is 78.0 Å². The monoisotopic (exact) mass is 527 g/mol. The highest BCUT2D eigenvalue weighted by atomic mass is 16.3. The van der Waals surface area contributed by atoms with Crippen molar-refractivity contribution in [1.29, 1.82) is 0 Å². The molecule has 0 saturated carbocycles. The number of aromatic amines is 2. The number of likely N-dealkylation sites (tertiary alicyclic amines) is 1. The lowest BCUT2D eigenvalue weighted by Gasteiger charge is -2.53. The summed E-state index contributed by atoms with van der Waals surface area (Å²) >= 11 is 0. The molecule has 9 nitrogen and oxygen atoms in total. The molecule has 1 atom stereocenters. The zero-order valence-electron chi connectivity index (χ0n) is 23.4. The molecule has 2 aromatic heterocycles. The largest absolute Gasteiger partial charge is 0.508 e. The number of carbonyl (C=O) groups excluding carboxylic acids is 1. The summed E-state index contributed by atoms with van der Waals surface area (Å²) in [6.45, 7) is 9.39. The van der Waals surface area contributed by atoms with Crippen LogP contribution in [0.2, 0.25) is 0 Å². The average molecular weight is 528 g/mol. The predicted molar refractivity (Wildman–Crippen MR) is 152 cm³/mol. The number of imidazole rings is 1. The van der Waals surface area contributed by atoms with E-state index in [1.54, 1.807) is 6.07 Å². The summed E-state index contributed by atoms with van der Waals surface area (Å²) in [5, 5.41) is 18.7. The van der Waals surface area contributed by atoms with Gasteiger partial charge >= 0.3 is 0 Å². The van der Waals surface area contributed by atoms with Crippen LogP contribution in [-0.2, 0) is 24.2 Å². The second-order valence-corrected chi connectivity index (χ2v) is 11.4. The SMILES string of the molecule is CCc1cc(O)ccc1-c1ccc2c(-c3nc4c([nH]3)CN(CC)[C@H](C(=O)N3CC(C)(N(C)C)C3)C4)n[nH]c2c1. The molecular formula is C30H37N7O2. The lowest BCUT2D eigenvalue weighted by molar-refractivity contribution is -0.150. The number of aromatic hydroxyl groups is 1. The molecule has 1 fully saturated rings. The Morgan fingerprint density at radius 2 is 1.97 bits per heavy atom. The van der Waals surface area contributed by atoms with Crippen LogP contribution in [0, 0.1) is 0 Å². The number of amides is 1. The van der Waals surface area contributed by atoms with E-state index in [4.69, 9.17) is 4.98 Å². The van der Waals surface area contributed by atoms with Crippen LogP contribution in [0.3, 0.4) is 0 Å². The number of aromatic nitrogens is 4. The number of fused-ring (bicyclic) bond motifs is 2. The fourth-order valence-electron chi connectivity index (χ4n) is 6.01. The molecule has 2 aliphatic rings. The fourth-order valence-corrected chi connectivity index (χ4v) is 6.01. The first-order valence-corrected chi connectivity index (χ1v) is 13.8. The van der Waals surface area contributed by atoms with E-state index in [-0.39, 0.29) is 23.2 Å². The lowest BCUT2D eigenvalue weighted by Crippen LogP contribution is -2.70. The normalized spacial score (nSPS) is 18.9. The summed E-state index contributed by atoms with van der Waals surface area (Å²) in [6.07, 6.45) is 1.43. The molecule has 204 valence electrons. The van der Waals surface area contributed by atoms with Gasteiger partial charge in [-0.3, -0.25) is 14.8 Å². The molecule has 4 aromatic rings. The quantitative estimate of drug-likeness (QED) is 0.352. The van der Waals surface area contributed by atoms with E-state index in [9.17, 15) is 9.90 Å². The van der Waals surface area contributed by atoms with E-state index < -0.39 is 0 Å². The first-order chi connectivity index (χ1) is 18.7. The molecule has 4 heterocycles. The van der Waals surface area contributed by atoms with Gasteiger partial charge in [-0.15, -0.1) is 0 Å². The van der Waals surface area contributed by atoms with Crippen molar-refractivity contribution < 1.29 is 9.90 Å². The third-order valence-electron chi connectivity index (χ3n) is 8.77. The first-order valence-electron chi connectivity index (χ1n) is 13.8. The smallest absolute Gasteiger partial charge is 0.240 e. The van der Waals surface area contributed by atoms with Crippen molar-refractivity contribution in [2.24, 2.45) is 0 Å². The highest BCUT2D eigenvalue weighted by molar-refractivity contribution is 5.94. The van der Waals surface area contributed by atoms with Crippen LogP contribution >= 0.6 is 0 Å². The molecule has 2 aromatic carbocycles. The standard InChI is InChI=1S/C30H37N7O2/c1-6-18-12-20(38)9-11-21(18)19-8-10-22-23(13-19)33-34-27(22)28-31-24-14-26(36(7-2)15-25(24)32-28)29(39)37-16-30(3,17-37)35(4)5/h8-13,26,38H,6-7,14-17H2,1-5H3,(H,31,32)(H,33,34)/t26-/m0/s1. The third kappa shape index (κ3) is 4.30. The van der Waals surface area contributed by atoms with Gasteiger partial charge in [-0.25, -0.2) is 4.98 Å². The van der Waals surface area contributed by atoms with Gasteiger partial charge in [0.2, 0.25) is 5.91 Å². The molecule has 6 rings (SSSR count). The number of phenols is 1. The Labute approximate surface area is 228 Å². The number of hydrogen-bond acceptors (Lipinski definition) is 6. The zero-order chi connectivity index (χ0) is 27.5. The predicted octanol–water partition coefficient (Wildman–Crippen LogP) is 3.80. The number of aryl methyl sites for hydroxylation is 1. The minimum Gasteiger partial charge on any atom is -0.508 e. The van der Waals surface area contributed by atoms with Crippen LogP contribution in [0.15, 0.2) is 36.4 Å². The summed E-state index contributed by atoms with van der Waals surface area (Å²) in [7, 11) is 4.15. The third-order valence-corrected chi connectivity index (χ3v) is 8.77. The van der Waals surface area contributed by atoms with Crippen LogP contribution < -0.4 is 0 Å². The lowest BCUT2D eigenvalue weighted by atomic mass is 9.89. The highest BCUT2D eigenvalue weighted by Crippen LogP contribution is 2.34. The molecule has 0 unspecified atom stereocenters. The van der Waals surface area contributed by atoms with Gasteiger partial charge in [-0.1, -0.05) is 26.0 Å². The number of H-pyrrole nitrogens is 2. The van der Waals surface area contributed by atoms with Gasteiger partial charge in [-0.2, -0.15) is 5.10 Å². The fraction of sp³-hybridized carbons (Fsp3) is 0.433. The van der Waals surface area contributed by atoms with Gasteiger partial charge in [0.1, 0.15) is 11.4 Å². The highest BCUT2D eigenvalue weighted by Gasteiger charge is 2.46. The van der Waals surface area contributed by atoms with Crippen molar-refractivity contribution in [2.75, 3.05) is 33.7 Å². The summed E-state index contributed by atoms with van der Waals surface area (Å²) in [4.78, 5) is 28.4. The van der Waals surface area contributed by atoms with Crippen molar-refractivity contribution in [1.82, 2.24) is 34.9 Å². The number of hydrogen-bond donors (Lipinski definition) is 3. The van der Waals surface area contributed by atoms with Gasteiger partial charge in [0.15, 0.2) is 5.82 Å². The van der Waals surface area contributed by atoms with Gasteiger partial charge in [0, 0.05) is 31.4 Å². The number of nitrogens with one attached hydrogen (secondary N) is 2. The van der Waals surface area contributed by atoms with Crippen molar-refractivity contribution in [3.63, 3.8) is 0 Å². The summed E-state index contributed by atoms with van der Waals surface area (Å²) in [5.74, 6) is 1.21. The maximum Gasteiger partial charge on any atom is 0.240 e. The Morgan fingerprint density at radius 3 is 2.69 bits per heavy atom. The Balaban J connectivity index is 1.26. The molecule has 2 aliphatic heterocycles. The molecule has 0 radical (unpaired) electrons. The number of likely N-dealkylation sites (N-methyl/N-ethyl adjacent to an activating group) is 2. The molecule has 9 heteroatoms. The molecule has 39 heavy (non-hydrogen) atoms. The van der Waals surface area contributed by atoms with Crippen LogP contribution in [0.25, 0.3) is 33.5 Å². The van der Waals surface area contributed by atoms with Crippen LogP contribution in [0.5, 0.6) is 5.75 Å². The topological polar surface area (TPSA) is 104 Å². The molecular weight excluding hydrogens is 490 g/mol. The van der Waals surface area contributed by atoms with E-state index in [1.165, 1.54) is 0 Å². The van der Waals surface area contributed by atoms with Gasteiger partial charge in [-0.05, 0) is 74.9 Å². The molecule has 3 N–H and O–H groups in total. The summed E-state index contributed by atoms with van der Waals surface area (Å²) < 4.78 is 0. The number of nitrogens with zero attached hydrogens (tertiary/aromatic N) is 5. The van der Waals surface area contributed by atoms with Crippen molar-refractivity contribution in [3.05, 3.63) is 53.3 Å². The van der Waals surface area contributed by atoms with E-state index in [0.717, 1.165) is 76.6 Å². The zero-order valence-corrected chi connectivity index (χ0v) is 23.4. The maximum atomic E-state index is 13.5. The van der Waals surface area contributed by atoms with Gasteiger partial charge in [0.05, 0.1) is 28.5 Å². The van der Waals surface area contributed by atoms with Crippen molar-refractivity contribution >= 4 is 16.8 Å². The summed E-state index contributed by atoms with van der Waals surface area (Å²) in [6, 6.07) is 11.6. The van der Waals surface area contributed by atoms with Gasteiger partial charge < -0.3 is 19.9 Å². The first kappa shape index (κ1) is 25.6.